The maximum Gasteiger partial charge on any atom is 0.305 e. The number of carbonyl (C=O) groups is 1. The van der Waals surface area contributed by atoms with E-state index in [1.807, 2.05) is 0 Å². The van der Waals surface area contributed by atoms with E-state index in [-0.39, 0.29) is 17.5 Å². The lowest BCUT2D eigenvalue weighted by Gasteiger charge is -2.61. The van der Waals surface area contributed by atoms with Gasteiger partial charge in [-0.15, -0.1) is 0 Å². The highest BCUT2D eigenvalue weighted by atomic mass is 16.5. The first kappa shape index (κ1) is 20.7. The smallest absolute Gasteiger partial charge is 0.305 e. The third kappa shape index (κ3) is 3.15. The third-order valence-corrected chi connectivity index (χ3v) is 10.4. The fourth-order valence-corrected chi connectivity index (χ4v) is 8.94. The molecule has 0 aromatic rings. The van der Waals surface area contributed by atoms with Gasteiger partial charge in [0.15, 0.2) is 0 Å². The summed E-state index contributed by atoms with van der Waals surface area (Å²) in [6.45, 7) is 7.40. The fourth-order valence-electron chi connectivity index (χ4n) is 8.94. The number of aliphatic hydroxyl groups is 1. The molecule has 2 unspecified atom stereocenters. The van der Waals surface area contributed by atoms with Crippen molar-refractivity contribution in [2.45, 2.75) is 97.5 Å². The predicted octanol–water partition coefficient (Wildman–Crippen LogP) is 5.60. The summed E-state index contributed by atoms with van der Waals surface area (Å²) < 4.78 is 4.86. The average molecular weight is 391 g/mol. The molecule has 0 amide bonds. The highest BCUT2D eigenvalue weighted by Crippen LogP contribution is 2.68. The van der Waals surface area contributed by atoms with Crippen LogP contribution in [0.5, 0.6) is 0 Å². The number of aliphatic hydroxyl groups excluding tert-OH is 1. The number of carbonyl (C=O) groups excluding carboxylic acids is 1. The van der Waals surface area contributed by atoms with Crippen LogP contribution in [0, 0.1) is 46.3 Å². The minimum Gasteiger partial charge on any atom is -0.469 e. The van der Waals surface area contributed by atoms with Crippen LogP contribution in [0.3, 0.4) is 0 Å². The first-order valence-corrected chi connectivity index (χ1v) is 12.1. The Morgan fingerprint density at radius 1 is 1.11 bits per heavy atom. The molecule has 4 rings (SSSR count). The van der Waals surface area contributed by atoms with Gasteiger partial charge >= 0.3 is 5.97 Å². The summed E-state index contributed by atoms with van der Waals surface area (Å²) in [5.74, 6) is 3.85. The zero-order valence-corrected chi connectivity index (χ0v) is 18.6. The standard InChI is InChI=1S/C25H42O3/c1-16(8-11-22(27)28-4)20-15-21(26)23-18-10-9-17-7-5-6-13-24(17,2)19(18)12-14-25(20,23)3/h16-21,23,26H,5-15H2,1-4H3/t16-,17?,18-,19+,20-,21?,23-,24+,25-/m1/s1. The maximum absolute atomic E-state index is 11.6. The third-order valence-electron chi connectivity index (χ3n) is 10.4. The lowest BCUT2D eigenvalue weighted by molar-refractivity contribution is -0.141. The Morgan fingerprint density at radius 2 is 1.89 bits per heavy atom. The summed E-state index contributed by atoms with van der Waals surface area (Å²) in [5.41, 5.74) is 0.769. The molecular weight excluding hydrogens is 348 g/mol. The molecule has 4 saturated carbocycles. The van der Waals surface area contributed by atoms with Crippen molar-refractivity contribution in [1.82, 2.24) is 0 Å². The Balaban J connectivity index is 1.53. The molecule has 9 atom stereocenters. The Morgan fingerprint density at radius 3 is 2.64 bits per heavy atom. The van der Waals surface area contributed by atoms with Crippen molar-refractivity contribution in [3.63, 3.8) is 0 Å². The van der Waals surface area contributed by atoms with Crippen LogP contribution in [-0.4, -0.2) is 24.3 Å². The molecule has 28 heavy (non-hydrogen) atoms. The van der Waals surface area contributed by atoms with Crippen molar-refractivity contribution in [1.29, 1.82) is 0 Å². The van der Waals surface area contributed by atoms with E-state index in [1.54, 1.807) is 0 Å². The van der Waals surface area contributed by atoms with Crippen LogP contribution in [0.1, 0.15) is 91.4 Å². The van der Waals surface area contributed by atoms with E-state index in [0.29, 0.717) is 35.5 Å². The van der Waals surface area contributed by atoms with E-state index in [1.165, 1.54) is 58.5 Å². The van der Waals surface area contributed by atoms with Gasteiger partial charge in [-0.1, -0.05) is 33.6 Å². The van der Waals surface area contributed by atoms with Crippen LogP contribution in [0.15, 0.2) is 0 Å². The maximum atomic E-state index is 11.6. The molecule has 4 fully saturated rings. The largest absolute Gasteiger partial charge is 0.469 e. The second-order valence-corrected chi connectivity index (χ2v) is 11.4. The summed E-state index contributed by atoms with van der Waals surface area (Å²) in [4.78, 5) is 11.6. The van der Waals surface area contributed by atoms with E-state index in [9.17, 15) is 9.90 Å². The van der Waals surface area contributed by atoms with Gasteiger partial charge in [0.05, 0.1) is 13.2 Å². The highest BCUT2D eigenvalue weighted by molar-refractivity contribution is 5.69. The van der Waals surface area contributed by atoms with E-state index in [2.05, 4.69) is 20.8 Å². The zero-order valence-electron chi connectivity index (χ0n) is 18.6. The number of hydrogen-bond donors (Lipinski definition) is 1. The molecule has 0 bridgehead atoms. The first-order valence-electron chi connectivity index (χ1n) is 12.1. The van der Waals surface area contributed by atoms with Gasteiger partial charge in [0.25, 0.3) is 0 Å². The summed E-state index contributed by atoms with van der Waals surface area (Å²) in [6, 6.07) is 0. The Hall–Kier alpha value is -0.570. The summed E-state index contributed by atoms with van der Waals surface area (Å²) in [5, 5.41) is 11.3. The van der Waals surface area contributed by atoms with Crippen molar-refractivity contribution in [2.24, 2.45) is 46.3 Å². The minimum absolute atomic E-state index is 0.0978. The van der Waals surface area contributed by atoms with Crippen molar-refractivity contribution in [2.75, 3.05) is 7.11 Å². The van der Waals surface area contributed by atoms with Crippen LogP contribution in [-0.2, 0) is 9.53 Å². The van der Waals surface area contributed by atoms with E-state index >= 15 is 0 Å². The molecule has 4 aliphatic rings. The summed E-state index contributed by atoms with van der Waals surface area (Å²) in [6.07, 6.45) is 13.2. The Labute approximate surface area is 172 Å². The molecule has 3 nitrogen and oxygen atoms in total. The van der Waals surface area contributed by atoms with Crippen molar-refractivity contribution >= 4 is 5.97 Å². The van der Waals surface area contributed by atoms with Gasteiger partial charge < -0.3 is 9.84 Å². The monoisotopic (exact) mass is 390 g/mol. The van der Waals surface area contributed by atoms with E-state index in [0.717, 1.165) is 24.7 Å². The van der Waals surface area contributed by atoms with Crippen molar-refractivity contribution in [3.8, 4) is 0 Å². The van der Waals surface area contributed by atoms with Gasteiger partial charge in [-0.3, -0.25) is 4.79 Å². The second kappa shape index (κ2) is 7.60. The summed E-state index contributed by atoms with van der Waals surface area (Å²) in [7, 11) is 1.48. The first-order chi connectivity index (χ1) is 13.3. The van der Waals surface area contributed by atoms with Gasteiger partial charge in [-0.25, -0.2) is 0 Å². The number of rotatable bonds is 4. The predicted molar refractivity (Wildman–Crippen MR) is 112 cm³/mol. The molecule has 0 heterocycles. The second-order valence-electron chi connectivity index (χ2n) is 11.4. The SMILES string of the molecule is COC(=O)CC[C@@H](C)[C@H]1CC(O)[C@H]2[C@@H]3CCC4CCCC[C@]4(C)[C@H]3CC[C@]12C. The lowest BCUT2D eigenvalue weighted by atomic mass is 9.44. The van der Waals surface area contributed by atoms with Gasteiger partial charge in [0.2, 0.25) is 0 Å². The normalized spacial score (nSPS) is 48.9. The quantitative estimate of drug-likeness (QED) is 0.636. The minimum atomic E-state index is -0.146. The van der Waals surface area contributed by atoms with Gasteiger partial charge in [0.1, 0.15) is 0 Å². The molecule has 3 heteroatoms. The average Bonchev–Trinajstić information content (AvgIpc) is 2.96. The van der Waals surface area contributed by atoms with Gasteiger partial charge in [0, 0.05) is 6.42 Å². The Kier molecular flexibility index (Phi) is 5.61. The van der Waals surface area contributed by atoms with Crippen LogP contribution in [0.2, 0.25) is 0 Å². The highest BCUT2D eigenvalue weighted by Gasteiger charge is 2.62. The number of fused-ring (bicyclic) bond motifs is 5. The van der Waals surface area contributed by atoms with Crippen LogP contribution < -0.4 is 0 Å². The zero-order chi connectivity index (χ0) is 20.1. The van der Waals surface area contributed by atoms with E-state index < -0.39 is 0 Å². The molecule has 0 aromatic heterocycles. The molecule has 1 N–H and O–H groups in total. The molecule has 160 valence electrons. The summed E-state index contributed by atoms with van der Waals surface area (Å²) >= 11 is 0. The molecule has 0 spiro atoms. The van der Waals surface area contributed by atoms with Gasteiger partial charge in [-0.05, 0) is 97.7 Å². The van der Waals surface area contributed by atoms with Crippen LogP contribution in [0.25, 0.3) is 0 Å². The number of hydrogen-bond acceptors (Lipinski definition) is 3. The van der Waals surface area contributed by atoms with Crippen molar-refractivity contribution in [3.05, 3.63) is 0 Å². The fraction of sp³-hybridized carbons (Fsp3) is 0.960. The van der Waals surface area contributed by atoms with Crippen LogP contribution in [0.4, 0.5) is 0 Å². The molecular formula is C25H42O3. The molecule has 4 aliphatic carbocycles. The number of methoxy groups -OCH3 is 1. The lowest BCUT2D eigenvalue weighted by Crippen LogP contribution is -2.54. The van der Waals surface area contributed by atoms with Crippen molar-refractivity contribution < 1.29 is 14.6 Å². The topological polar surface area (TPSA) is 46.5 Å². The van der Waals surface area contributed by atoms with E-state index in [4.69, 9.17) is 4.74 Å². The van der Waals surface area contributed by atoms with Gasteiger partial charge in [-0.2, -0.15) is 0 Å². The molecule has 0 aliphatic heterocycles. The molecule has 0 radical (unpaired) electrons. The number of esters is 1. The van der Waals surface area contributed by atoms with Crippen LogP contribution >= 0.6 is 0 Å². The Bertz CT molecular complexity index is 588. The number of ether oxygens (including phenoxy) is 1. The molecule has 0 saturated heterocycles. The molecule has 0 aromatic carbocycles.